The molecular weight excluding hydrogens is 856 g/mol. The van der Waals surface area contributed by atoms with Gasteiger partial charge in [-0.2, -0.15) is 0 Å². The molecule has 16 atom stereocenters. The van der Waals surface area contributed by atoms with Crippen molar-refractivity contribution in [1.82, 2.24) is 0 Å². The molecule has 0 spiro atoms. The van der Waals surface area contributed by atoms with E-state index in [1.165, 1.54) is 13.0 Å². The summed E-state index contributed by atoms with van der Waals surface area (Å²) < 4.78 is 44.8. The van der Waals surface area contributed by atoms with Gasteiger partial charge in [0.15, 0.2) is 12.6 Å². The number of fused-ring (bicyclic) bond motifs is 2. The van der Waals surface area contributed by atoms with Crippen molar-refractivity contribution in [3.05, 3.63) is 70.3 Å². The molecule has 64 heavy (non-hydrogen) atoms. The predicted molar refractivity (Wildman–Crippen MR) is 209 cm³/mol. The second kappa shape index (κ2) is 21.2. The van der Waals surface area contributed by atoms with E-state index in [1.54, 1.807) is 25.2 Å². The van der Waals surface area contributed by atoms with E-state index in [2.05, 4.69) is 0 Å². The van der Waals surface area contributed by atoms with E-state index in [0.29, 0.717) is 29.6 Å². The molecule has 22 heteroatoms. The lowest BCUT2D eigenvalue weighted by molar-refractivity contribution is -0.339. The highest BCUT2D eigenvalue weighted by Crippen LogP contribution is 2.46. The summed E-state index contributed by atoms with van der Waals surface area (Å²) in [4.78, 5) is 49.9. The SMILES string of the molecule is C/C(=C\C(=O)OCC1=CC[C@@H]2C(C(=O)O)=CO[C@@H](O[C@@H]3O[C@H](CO)[C@@H](O)[C@H](O)[C@H]3O)[C@H]12)CC/C=C(\C)C(=O)OCC1=CC[C@@H]2C(C(=O)O)=CO[C@@H](O[C@@H]3O[C@H](CO)[C@@H](O)[C@H](O)[C@H]3O)[C@H]12. The highest BCUT2D eigenvalue weighted by Gasteiger charge is 2.52. The number of hydrogen-bond acceptors (Lipinski definition) is 20. The van der Waals surface area contributed by atoms with Crippen LogP contribution in [0.3, 0.4) is 0 Å². The Balaban J connectivity index is 0.999. The Labute approximate surface area is 365 Å². The van der Waals surface area contributed by atoms with E-state index >= 15 is 0 Å². The van der Waals surface area contributed by atoms with Gasteiger partial charge in [-0.05, 0) is 50.7 Å². The lowest BCUT2D eigenvalue weighted by Crippen LogP contribution is -2.60. The van der Waals surface area contributed by atoms with Crippen LogP contribution in [0.25, 0.3) is 0 Å². The van der Waals surface area contributed by atoms with Crippen LogP contribution in [0.4, 0.5) is 0 Å². The fraction of sp³-hybridized carbons (Fsp3) is 0.619. The van der Waals surface area contributed by atoms with Gasteiger partial charge in [0.05, 0.1) is 48.7 Å². The molecule has 2 saturated heterocycles. The summed E-state index contributed by atoms with van der Waals surface area (Å²) in [5, 5.41) is 100. The van der Waals surface area contributed by atoms with Crippen LogP contribution in [-0.2, 0) is 57.1 Å². The highest BCUT2D eigenvalue weighted by atomic mass is 16.8. The van der Waals surface area contributed by atoms with Crippen LogP contribution in [0.15, 0.2) is 70.3 Å². The zero-order chi connectivity index (χ0) is 46.6. The molecule has 10 N–H and O–H groups in total. The van der Waals surface area contributed by atoms with Gasteiger partial charge in [0, 0.05) is 23.5 Å². The molecule has 4 heterocycles. The summed E-state index contributed by atoms with van der Waals surface area (Å²) in [6, 6.07) is 0. The average molecular weight is 911 g/mol. The number of esters is 2. The third-order valence-electron chi connectivity index (χ3n) is 12.2. The number of aliphatic carboxylic acids is 2. The van der Waals surface area contributed by atoms with Gasteiger partial charge in [0.2, 0.25) is 12.6 Å². The number of aliphatic hydroxyl groups excluding tert-OH is 8. The van der Waals surface area contributed by atoms with Gasteiger partial charge in [0.25, 0.3) is 0 Å². The third-order valence-corrected chi connectivity index (χ3v) is 12.2. The Morgan fingerprint density at radius 2 is 1.11 bits per heavy atom. The largest absolute Gasteiger partial charge is 0.478 e. The second-order valence-electron chi connectivity index (χ2n) is 16.3. The van der Waals surface area contributed by atoms with Crippen molar-refractivity contribution in [2.75, 3.05) is 26.4 Å². The molecule has 0 radical (unpaired) electrons. The topological polar surface area (TPSA) is 344 Å². The molecule has 0 aromatic heterocycles. The number of carbonyl (C=O) groups excluding carboxylic acids is 2. The molecule has 0 amide bonds. The lowest BCUT2D eigenvalue weighted by Gasteiger charge is -2.42. The minimum absolute atomic E-state index is 0.0668. The van der Waals surface area contributed by atoms with Gasteiger partial charge in [-0.1, -0.05) is 23.8 Å². The number of ether oxygens (including phenoxy) is 8. The molecule has 6 aliphatic rings. The Hall–Kier alpha value is -4.56. The first kappa shape index (κ1) is 48.9. The second-order valence-corrected chi connectivity index (χ2v) is 16.3. The predicted octanol–water partition coefficient (Wildman–Crippen LogP) is -1.85. The summed E-state index contributed by atoms with van der Waals surface area (Å²) in [5.41, 5.74) is 1.61. The zero-order valence-corrected chi connectivity index (χ0v) is 34.7. The van der Waals surface area contributed by atoms with Crippen molar-refractivity contribution in [3.8, 4) is 0 Å². The van der Waals surface area contributed by atoms with Crippen LogP contribution in [0.2, 0.25) is 0 Å². The molecule has 2 aliphatic carbocycles. The van der Waals surface area contributed by atoms with Crippen molar-refractivity contribution >= 4 is 23.9 Å². The van der Waals surface area contributed by atoms with E-state index in [0.717, 1.165) is 12.5 Å². The number of rotatable bonds is 17. The van der Waals surface area contributed by atoms with Gasteiger partial charge in [0.1, 0.15) is 62.0 Å². The molecule has 22 nitrogen and oxygen atoms in total. The number of carbonyl (C=O) groups is 4. The standard InChI is InChI=1S/C42H54O22/c1-17(10-27(45)57-13-19-6-8-21-23(36(52)53)15-59-39(28(19)21)63-41-34(50)32(48)30(46)25(11-43)61-41)4-3-5-18(2)38(56)58-14-20-7-9-22-24(37(54)55)16-60-40(29(20)22)64-42-35(51)33(49)31(47)26(12-44)62-42/h5-7,10,15-16,21-22,25-26,28-35,39-44,46-51H,3-4,8-9,11-14H2,1-2H3,(H,52,53)(H,54,55)/b17-10+,18-5+/t21-,22-,25-,26-,28-,29-,30-,31-,32+,33+,34-,35-,39+,40+,41+,42+/m1/s1. The van der Waals surface area contributed by atoms with Gasteiger partial charge in [-0.25, -0.2) is 19.2 Å². The monoisotopic (exact) mass is 910 g/mol. The maximum absolute atomic E-state index is 13.0. The number of aliphatic hydroxyl groups is 8. The quantitative estimate of drug-likeness (QED) is 0.0435. The van der Waals surface area contributed by atoms with Gasteiger partial charge in [-0.15, -0.1) is 0 Å². The maximum Gasteiger partial charge on any atom is 0.335 e. The maximum atomic E-state index is 13.0. The first-order valence-corrected chi connectivity index (χ1v) is 20.6. The molecular formula is C42H54O22. The van der Waals surface area contributed by atoms with E-state index in [1.807, 2.05) is 0 Å². The molecule has 0 saturated carbocycles. The minimum atomic E-state index is -1.75. The molecule has 4 aliphatic heterocycles. The van der Waals surface area contributed by atoms with Crippen molar-refractivity contribution in [3.63, 3.8) is 0 Å². The van der Waals surface area contributed by atoms with Crippen molar-refractivity contribution in [2.45, 2.75) is 114 Å². The van der Waals surface area contributed by atoms with E-state index in [9.17, 15) is 70.2 Å². The Kier molecular flexibility index (Phi) is 16.2. The average Bonchev–Trinajstić information content (AvgIpc) is 3.90. The Morgan fingerprint density at radius 3 is 1.55 bits per heavy atom. The zero-order valence-electron chi connectivity index (χ0n) is 34.7. The van der Waals surface area contributed by atoms with Crippen LogP contribution in [0, 0.1) is 23.7 Å². The van der Waals surface area contributed by atoms with E-state index in [4.69, 9.17) is 37.9 Å². The van der Waals surface area contributed by atoms with Crippen LogP contribution >= 0.6 is 0 Å². The third kappa shape index (κ3) is 10.6. The number of carboxylic acids is 2. The summed E-state index contributed by atoms with van der Waals surface area (Å²) in [6.07, 6.45) is -9.07. The first-order chi connectivity index (χ1) is 30.4. The fourth-order valence-corrected chi connectivity index (χ4v) is 8.55. The van der Waals surface area contributed by atoms with Crippen molar-refractivity contribution in [2.24, 2.45) is 23.7 Å². The van der Waals surface area contributed by atoms with Crippen LogP contribution in [0.5, 0.6) is 0 Å². The normalized spacial score (nSPS) is 37.4. The molecule has 6 rings (SSSR count). The molecule has 0 aromatic carbocycles. The molecule has 0 bridgehead atoms. The van der Waals surface area contributed by atoms with Crippen molar-refractivity contribution < 1.29 is 108 Å². The minimum Gasteiger partial charge on any atom is -0.478 e. The summed E-state index contributed by atoms with van der Waals surface area (Å²) >= 11 is 0. The van der Waals surface area contributed by atoms with Gasteiger partial charge < -0.3 is 89.0 Å². The highest BCUT2D eigenvalue weighted by molar-refractivity contribution is 5.89. The van der Waals surface area contributed by atoms with Gasteiger partial charge >= 0.3 is 23.9 Å². The molecule has 0 unspecified atom stereocenters. The summed E-state index contributed by atoms with van der Waals surface area (Å²) in [6.45, 7) is 1.25. The van der Waals surface area contributed by atoms with Crippen molar-refractivity contribution in [1.29, 1.82) is 0 Å². The van der Waals surface area contributed by atoms with Crippen LogP contribution in [-0.4, -0.2) is 175 Å². The fourth-order valence-electron chi connectivity index (χ4n) is 8.55. The summed E-state index contributed by atoms with van der Waals surface area (Å²) in [5.74, 6) is -6.86. The number of hydrogen-bond donors (Lipinski definition) is 10. The van der Waals surface area contributed by atoms with Crippen LogP contribution < -0.4 is 0 Å². The van der Waals surface area contributed by atoms with E-state index < -0.39 is 135 Å². The van der Waals surface area contributed by atoms with Crippen LogP contribution in [0.1, 0.15) is 39.5 Å². The Bertz CT molecular complexity index is 1930. The van der Waals surface area contributed by atoms with Gasteiger partial charge in [-0.3, -0.25) is 0 Å². The molecule has 0 aromatic rings. The Morgan fingerprint density at radius 1 is 0.656 bits per heavy atom. The first-order valence-electron chi connectivity index (χ1n) is 20.6. The number of carboxylic acid groups (broad SMARTS) is 2. The smallest absolute Gasteiger partial charge is 0.335 e. The molecule has 354 valence electrons. The van der Waals surface area contributed by atoms with E-state index in [-0.39, 0.29) is 42.8 Å². The summed E-state index contributed by atoms with van der Waals surface area (Å²) in [7, 11) is 0. The number of allylic oxidation sites excluding steroid dienone is 4. The lowest BCUT2D eigenvalue weighted by atomic mass is 9.83. The molecule has 2 fully saturated rings.